The van der Waals surface area contributed by atoms with Crippen molar-refractivity contribution < 1.29 is 19.4 Å². The maximum absolute atomic E-state index is 11.6. The Bertz CT molecular complexity index is 856. The minimum atomic E-state index is -0.347. The number of nitrogens with zero attached hydrogens (tertiary/aromatic N) is 4. The molecule has 3 N–H and O–H groups in total. The Balaban J connectivity index is 0.000000900. The summed E-state index contributed by atoms with van der Waals surface area (Å²) in [5.41, 5.74) is 0.799. The molecule has 2 aromatic rings. The van der Waals surface area contributed by atoms with E-state index in [2.05, 4.69) is 26.2 Å². The standard InChI is InChI=1S/C18H27N5O2.C6H13NO.C3H8O/c1-3-11-19-17(24)10-7-12-23-18(20-21-22-23)15(2)13-25-14-16-8-5-4-6-9-16;1-5(8)6(2,3)7-4;1-2-3-4/h4-6,8-9,15H,3,7,10-14H2,1-2H3,(H,19,24);7H,1-4H3;4H,2-3H2,1H3. The lowest BCUT2D eigenvalue weighted by atomic mass is 10.0. The van der Waals surface area contributed by atoms with Gasteiger partial charge in [-0.1, -0.05) is 51.1 Å². The topological polar surface area (TPSA) is 131 Å². The number of nitrogens with one attached hydrogen (secondary N) is 2. The van der Waals surface area contributed by atoms with Crippen LogP contribution in [-0.4, -0.2) is 69.3 Å². The largest absolute Gasteiger partial charge is 0.396 e. The first-order valence-corrected chi connectivity index (χ1v) is 13.1. The fraction of sp³-hybridized carbons (Fsp3) is 0.667. The second-order valence-electron chi connectivity index (χ2n) is 9.27. The zero-order chi connectivity index (χ0) is 28.1. The van der Waals surface area contributed by atoms with Crippen molar-refractivity contribution in [2.75, 3.05) is 26.8 Å². The second kappa shape index (κ2) is 20.4. The lowest BCUT2D eigenvalue weighted by Crippen LogP contribution is -2.42. The zero-order valence-electron chi connectivity index (χ0n) is 23.8. The molecule has 1 unspecified atom stereocenters. The van der Waals surface area contributed by atoms with E-state index in [-0.39, 0.29) is 23.1 Å². The summed E-state index contributed by atoms with van der Waals surface area (Å²) in [4.78, 5) is 22.3. The van der Waals surface area contributed by atoms with Gasteiger partial charge in [0.25, 0.3) is 0 Å². The van der Waals surface area contributed by atoms with Gasteiger partial charge < -0.3 is 20.5 Å². The quantitative estimate of drug-likeness (QED) is 0.346. The molecule has 1 heterocycles. The van der Waals surface area contributed by atoms with Crippen LogP contribution in [0.25, 0.3) is 0 Å². The van der Waals surface area contributed by atoms with Crippen LogP contribution in [0.15, 0.2) is 30.3 Å². The SMILES string of the molecule is CCCNC(=O)CCCn1nnnc1C(C)COCc1ccccc1.CCCO.CNC(C)(C)C(C)=O. The summed E-state index contributed by atoms with van der Waals surface area (Å²) >= 11 is 0. The predicted molar refractivity (Wildman–Crippen MR) is 146 cm³/mol. The van der Waals surface area contributed by atoms with Gasteiger partial charge in [-0.15, -0.1) is 5.10 Å². The van der Waals surface area contributed by atoms with E-state index >= 15 is 0 Å². The van der Waals surface area contributed by atoms with E-state index < -0.39 is 0 Å². The number of likely N-dealkylation sites (N-methyl/N-ethyl adjacent to an activating group) is 1. The van der Waals surface area contributed by atoms with E-state index in [1.165, 1.54) is 0 Å². The van der Waals surface area contributed by atoms with E-state index in [1.807, 2.05) is 65.0 Å². The third kappa shape index (κ3) is 15.9. The van der Waals surface area contributed by atoms with Crippen LogP contribution in [0.2, 0.25) is 0 Å². The van der Waals surface area contributed by atoms with Crippen LogP contribution < -0.4 is 10.6 Å². The Morgan fingerprint density at radius 3 is 2.32 bits per heavy atom. The van der Waals surface area contributed by atoms with Crippen LogP contribution in [0.3, 0.4) is 0 Å². The molecule has 0 fully saturated rings. The minimum absolute atomic E-state index is 0.0794. The Kier molecular flexibility index (Phi) is 18.9. The van der Waals surface area contributed by atoms with Crippen LogP contribution in [0.4, 0.5) is 0 Å². The molecular formula is C27H48N6O4. The zero-order valence-corrected chi connectivity index (χ0v) is 23.8. The number of aliphatic hydroxyl groups excluding tert-OH is 1. The molecule has 10 heteroatoms. The summed E-state index contributed by atoms with van der Waals surface area (Å²) in [5, 5.41) is 25.5. The van der Waals surface area contributed by atoms with Crippen LogP contribution in [0, 0.1) is 0 Å². The number of carbonyl (C=O) groups is 2. The van der Waals surface area contributed by atoms with Gasteiger partial charge in [0.05, 0.1) is 18.8 Å². The molecule has 37 heavy (non-hydrogen) atoms. The predicted octanol–water partition coefficient (Wildman–Crippen LogP) is 3.26. The first-order chi connectivity index (χ1) is 17.6. The van der Waals surface area contributed by atoms with Gasteiger partial charge in [-0.3, -0.25) is 9.59 Å². The van der Waals surface area contributed by atoms with E-state index in [9.17, 15) is 9.59 Å². The summed E-state index contributed by atoms with van der Waals surface area (Å²) in [6, 6.07) is 10.1. The summed E-state index contributed by atoms with van der Waals surface area (Å²) in [6.45, 7) is 14.1. The van der Waals surface area contributed by atoms with Gasteiger partial charge >= 0.3 is 0 Å². The molecule has 0 bridgehead atoms. The average molecular weight is 521 g/mol. The lowest BCUT2D eigenvalue weighted by molar-refractivity contribution is -0.122. The van der Waals surface area contributed by atoms with Gasteiger partial charge in [-0.2, -0.15) is 0 Å². The third-order valence-corrected chi connectivity index (χ3v) is 5.55. The third-order valence-electron chi connectivity index (χ3n) is 5.55. The van der Waals surface area contributed by atoms with E-state index in [0.29, 0.717) is 39.2 Å². The molecule has 210 valence electrons. The van der Waals surface area contributed by atoms with Gasteiger partial charge in [0.1, 0.15) is 5.78 Å². The number of hydrogen-bond donors (Lipinski definition) is 3. The van der Waals surface area contributed by atoms with Crippen LogP contribution >= 0.6 is 0 Å². The molecule has 0 saturated carbocycles. The molecule has 1 aromatic carbocycles. The Morgan fingerprint density at radius 1 is 1.16 bits per heavy atom. The molecule has 0 aliphatic rings. The van der Waals surface area contributed by atoms with Crippen molar-refractivity contribution in [1.29, 1.82) is 0 Å². The highest BCUT2D eigenvalue weighted by Crippen LogP contribution is 2.13. The highest BCUT2D eigenvalue weighted by molar-refractivity contribution is 5.85. The summed E-state index contributed by atoms with van der Waals surface area (Å²) in [6.07, 6.45) is 3.02. The van der Waals surface area contributed by atoms with Crippen molar-refractivity contribution in [2.24, 2.45) is 0 Å². The van der Waals surface area contributed by atoms with E-state index in [0.717, 1.165) is 30.8 Å². The molecule has 0 saturated heterocycles. The summed E-state index contributed by atoms with van der Waals surface area (Å²) in [5.74, 6) is 1.13. The number of aliphatic hydroxyl groups is 1. The van der Waals surface area contributed by atoms with Crippen molar-refractivity contribution >= 4 is 11.7 Å². The first kappa shape index (κ1) is 34.3. The van der Waals surface area contributed by atoms with Crippen LogP contribution in [0.1, 0.15) is 84.5 Å². The Morgan fingerprint density at radius 2 is 1.81 bits per heavy atom. The highest BCUT2D eigenvalue weighted by Gasteiger charge is 2.19. The lowest BCUT2D eigenvalue weighted by Gasteiger charge is -2.19. The molecule has 0 aliphatic heterocycles. The van der Waals surface area contributed by atoms with Crippen molar-refractivity contribution in [2.45, 2.75) is 91.8 Å². The normalized spacial score (nSPS) is 11.5. The molecule has 10 nitrogen and oxygen atoms in total. The van der Waals surface area contributed by atoms with Crippen molar-refractivity contribution in [3.8, 4) is 0 Å². The maximum atomic E-state index is 11.6. The molecule has 0 aliphatic carbocycles. The Hall–Kier alpha value is -2.69. The number of carbonyl (C=O) groups excluding carboxylic acids is 2. The molecule has 1 amide bonds. The van der Waals surface area contributed by atoms with Crippen LogP contribution in [0.5, 0.6) is 0 Å². The summed E-state index contributed by atoms with van der Waals surface area (Å²) < 4.78 is 7.54. The van der Waals surface area contributed by atoms with Gasteiger partial charge in [0, 0.05) is 32.0 Å². The van der Waals surface area contributed by atoms with Gasteiger partial charge in [0.15, 0.2) is 5.82 Å². The number of ether oxygens (including phenoxy) is 1. The molecular weight excluding hydrogens is 472 g/mol. The molecule has 1 atom stereocenters. The molecule has 1 aromatic heterocycles. The maximum Gasteiger partial charge on any atom is 0.220 e. The number of hydrogen-bond acceptors (Lipinski definition) is 8. The van der Waals surface area contributed by atoms with Crippen molar-refractivity contribution in [3.05, 3.63) is 41.7 Å². The van der Waals surface area contributed by atoms with E-state index in [4.69, 9.17) is 9.84 Å². The fourth-order valence-corrected chi connectivity index (χ4v) is 2.64. The molecule has 0 spiro atoms. The number of aromatic nitrogens is 4. The number of ketones is 1. The van der Waals surface area contributed by atoms with E-state index in [1.54, 1.807) is 18.7 Å². The number of Topliss-reactive ketones (excluding diaryl/α,β-unsaturated/α-hetero) is 1. The number of rotatable bonds is 14. The average Bonchev–Trinajstić information content (AvgIpc) is 3.37. The molecule has 2 rings (SSSR count). The number of tetrazole rings is 1. The van der Waals surface area contributed by atoms with Gasteiger partial charge in [-0.05, 0) is 63.1 Å². The summed E-state index contributed by atoms with van der Waals surface area (Å²) in [7, 11) is 1.78. The smallest absolute Gasteiger partial charge is 0.220 e. The first-order valence-electron chi connectivity index (χ1n) is 13.1. The van der Waals surface area contributed by atoms with Gasteiger partial charge in [-0.25, -0.2) is 4.68 Å². The van der Waals surface area contributed by atoms with Crippen molar-refractivity contribution in [1.82, 2.24) is 30.8 Å². The van der Waals surface area contributed by atoms with Crippen molar-refractivity contribution in [3.63, 3.8) is 0 Å². The number of aryl methyl sites for hydroxylation is 1. The highest BCUT2D eigenvalue weighted by atomic mass is 16.5. The molecule has 0 radical (unpaired) electrons. The van der Waals surface area contributed by atoms with Crippen LogP contribution in [-0.2, 0) is 27.5 Å². The number of amides is 1. The fourth-order valence-electron chi connectivity index (χ4n) is 2.64. The van der Waals surface area contributed by atoms with Gasteiger partial charge in [0.2, 0.25) is 5.91 Å². The monoisotopic (exact) mass is 520 g/mol. The Labute approximate surface area is 222 Å². The second-order valence-corrected chi connectivity index (χ2v) is 9.27. The number of benzene rings is 1. The minimum Gasteiger partial charge on any atom is -0.396 e.